The van der Waals surface area contributed by atoms with Gasteiger partial charge in [0.05, 0.1) is 12.6 Å². The number of nitrogens with zero attached hydrogens (tertiary/aromatic N) is 3. The molecule has 0 bridgehead atoms. The first-order valence-electron chi connectivity index (χ1n) is 6.54. The van der Waals surface area contributed by atoms with Crippen LogP contribution >= 0.6 is 0 Å². The van der Waals surface area contributed by atoms with Crippen LogP contribution in [-0.2, 0) is 4.79 Å². The van der Waals surface area contributed by atoms with E-state index in [9.17, 15) is 9.90 Å². The fourth-order valence-electron chi connectivity index (χ4n) is 1.68. The van der Waals surface area contributed by atoms with Gasteiger partial charge in [0.1, 0.15) is 5.82 Å². The Morgan fingerprint density at radius 2 is 2.11 bits per heavy atom. The summed E-state index contributed by atoms with van der Waals surface area (Å²) in [7, 11) is 3.49. The number of pyridine rings is 1. The Morgan fingerprint density at radius 3 is 2.53 bits per heavy atom. The van der Waals surface area contributed by atoms with Gasteiger partial charge in [-0.25, -0.2) is 4.98 Å². The molecule has 19 heavy (non-hydrogen) atoms. The predicted octanol–water partition coefficient (Wildman–Crippen LogP) is 1.44. The third-order valence-electron chi connectivity index (χ3n) is 2.90. The van der Waals surface area contributed by atoms with Crippen molar-refractivity contribution in [3.8, 4) is 0 Å². The van der Waals surface area contributed by atoms with Gasteiger partial charge >= 0.3 is 0 Å². The summed E-state index contributed by atoms with van der Waals surface area (Å²) in [5, 5.41) is 9.46. The number of aromatic nitrogens is 1. The Morgan fingerprint density at radius 1 is 1.42 bits per heavy atom. The molecule has 1 amide bonds. The topological polar surface area (TPSA) is 56.7 Å². The molecule has 1 rings (SSSR count). The lowest BCUT2D eigenvalue weighted by Gasteiger charge is -2.24. The van der Waals surface area contributed by atoms with Crippen LogP contribution in [0, 0.1) is 0 Å². The monoisotopic (exact) mass is 265 g/mol. The third kappa shape index (κ3) is 4.52. The number of carbonyl (C=O) groups excluding carboxylic acids is 1. The number of aliphatic hydroxyl groups is 1. The zero-order valence-corrected chi connectivity index (χ0v) is 12.1. The average Bonchev–Trinajstić information content (AvgIpc) is 2.38. The van der Waals surface area contributed by atoms with Gasteiger partial charge in [0.25, 0.3) is 0 Å². The van der Waals surface area contributed by atoms with E-state index >= 15 is 0 Å². The van der Waals surface area contributed by atoms with Gasteiger partial charge in [-0.3, -0.25) is 4.79 Å². The Bertz CT molecular complexity index is 402. The number of hydrogen-bond donors (Lipinski definition) is 1. The van der Waals surface area contributed by atoms with Crippen LogP contribution in [0.15, 0.2) is 18.3 Å². The van der Waals surface area contributed by atoms with Crippen molar-refractivity contribution < 1.29 is 9.90 Å². The summed E-state index contributed by atoms with van der Waals surface area (Å²) in [6.07, 6.45) is 2.08. The van der Waals surface area contributed by atoms with Crippen LogP contribution in [0.1, 0.15) is 31.9 Å². The predicted molar refractivity (Wildman–Crippen MR) is 76.1 cm³/mol. The Balaban J connectivity index is 2.83. The van der Waals surface area contributed by atoms with Crippen molar-refractivity contribution in [1.29, 1.82) is 0 Å². The molecule has 1 aromatic rings. The van der Waals surface area contributed by atoms with Crippen molar-refractivity contribution in [2.24, 2.45) is 0 Å². The van der Waals surface area contributed by atoms with E-state index in [0.29, 0.717) is 6.54 Å². The quantitative estimate of drug-likeness (QED) is 0.845. The van der Waals surface area contributed by atoms with E-state index in [4.69, 9.17) is 0 Å². The summed E-state index contributed by atoms with van der Waals surface area (Å²) in [5.41, 5.74) is 0.777. The molecule has 0 aliphatic heterocycles. The van der Waals surface area contributed by atoms with Crippen LogP contribution in [0.3, 0.4) is 0 Å². The summed E-state index contributed by atoms with van der Waals surface area (Å²) < 4.78 is 0. The highest BCUT2D eigenvalue weighted by Gasteiger charge is 2.13. The Kier molecular flexibility index (Phi) is 5.76. The zero-order valence-electron chi connectivity index (χ0n) is 12.1. The largest absolute Gasteiger partial charge is 0.389 e. The van der Waals surface area contributed by atoms with Gasteiger partial charge in [-0.15, -0.1) is 0 Å². The van der Waals surface area contributed by atoms with Gasteiger partial charge < -0.3 is 14.9 Å². The molecule has 0 fully saturated rings. The lowest BCUT2D eigenvalue weighted by molar-refractivity contribution is -0.127. The smallest absolute Gasteiger partial charge is 0.241 e. The van der Waals surface area contributed by atoms with Crippen molar-refractivity contribution in [3.63, 3.8) is 0 Å². The summed E-state index contributed by atoms with van der Waals surface area (Å²) >= 11 is 0. The summed E-state index contributed by atoms with van der Waals surface area (Å²) in [5.74, 6) is 0.816. The molecule has 1 aromatic heterocycles. The first-order chi connectivity index (χ1) is 8.95. The molecule has 0 saturated heterocycles. The van der Waals surface area contributed by atoms with E-state index in [1.165, 1.54) is 0 Å². The second-order valence-corrected chi connectivity index (χ2v) is 4.84. The van der Waals surface area contributed by atoms with E-state index in [0.717, 1.165) is 24.3 Å². The molecule has 1 N–H and O–H groups in total. The van der Waals surface area contributed by atoms with Crippen LogP contribution in [0.25, 0.3) is 0 Å². The Labute approximate surface area is 114 Å². The molecule has 1 atom stereocenters. The van der Waals surface area contributed by atoms with E-state index in [1.54, 1.807) is 32.1 Å². The third-order valence-corrected chi connectivity index (χ3v) is 2.90. The maximum atomic E-state index is 11.8. The van der Waals surface area contributed by atoms with Crippen LogP contribution < -0.4 is 4.90 Å². The van der Waals surface area contributed by atoms with E-state index in [1.807, 2.05) is 17.0 Å². The summed E-state index contributed by atoms with van der Waals surface area (Å²) in [6, 6.07) is 3.69. The van der Waals surface area contributed by atoms with Crippen molar-refractivity contribution in [1.82, 2.24) is 9.88 Å². The molecule has 0 aliphatic carbocycles. The maximum absolute atomic E-state index is 11.8. The highest BCUT2D eigenvalue weighted by molar-refractivity contribution is 5.80. The van der Waals surface area contributed by atoms with E-state index in [2.05, 4.69) is 11.9 Å². The van der Waals surface area contributed by atoms with Gasteiger partial charge in [-0.1, -0.05) is 13.0 Å². The number of anilines is 1. The molecule has 0 radical (unpaired) electrons. The minimum absolute atomic E-state index is 0.0508. The van der Waals surface area contributed by atoms with Crippen LogP contribution in [0.2, 0.25) is 0 Å². The normalized spacial score (nSPS) is 12.1. The maximum Gasteiger partial charge on any atom is 0.241 e. The fraction of sp³-hybridized carbons (Fsp3) is 0.571. The highest BCUT2D eigenvalue weighted by atomic mass is 16.3. The molecule has 0 unspecified atom stereocenters. The number of rotatable bonds is 6. The first-order valence-corrected chi connectivity index (χ1v) is 6.54. The van der Waals surface area contributed by atoms with Crippen molar-refractivity contribution in [3.05, 3.63) is 23.9 Å². The SMILES string of the molecule is CCCN(CC(=O)N(C)C)c1ccc([C@@H](C)O)cn1. The molecule has 0 spiro atoms. The lowest BCUT2D eigenvalue weighted by atomic mass is 10.2. The van der Waals surface area contributed by atoms with Crippen molar-refractivity contribution in [2.75, 3.05) is 32.1 Å². The second kappa shape index (κ2) is 7.09. The van der Waals surface area contributed by atoms with Crippen molar-refractivity contribution in [2.45, 2.75) is 26.4 Å². The minimum atomic E-state index is -0.524. The molecular weight excluding hydrogens is 242 g/mol. The minimum Gasteiger partial charge on any atom is -0.389 e. The molecule has 5 heteroatoms. The molecule has 0 saturated carbocycles. The summed E-state index contributed by atoms with van der Waals surface area (Å²) in [6.45, 7) is 4.87. The number of likely N-dealkylation sites (N-methyl/N-ethyl adjacent to an activating group) is 1. The molecule has 0 aliphatic rings. The van der Waals surface area contributed by atoms with E-state index < -0.39 is 6.10 Å². The standard InChI is InChI=1S/C14H23N3O2/c1-5-8-17(10-14(19)16(3)4)13-7-6-12(9-15-13)11(2)18/h6-7,9,11,18H,5,8,10H2,1-4H3/t11-/m1/s1. The number of carbonyl (C=O) groups is 1. The van der Waals surface area contributed by atoms with Gasteiger partial charge in [0, 0.05) is 26.8 Å². The van der Waals surface area contributed by atoms with E-state index in [-0.39, 0.29) is 5.91 Å². The second-order valence-electron chi connectivity index (χ2n) is 4.84. The lowest BCUT2D eigenvalue weighted by Crippen LogP contribution is -2.37. The molecule has 0 aromatic carbocycles. The fourth-order valence-corrected chi connectivity index (χ4v) is 1.68. The van der Waals surface area contributed by atoms with Crippen LogP contribution in [0.5, 0.6) is 0 Å². The molecule has 5 nitrogen and oxygen atoms in total. The van der Waals surface area contributed by atoms with Gasteiger partial charge in [0.15, 0.2) is 0 Å². The van der Waals surface area contributed by atoms with Crippen molar-refractivity contribution >= 4 is 11.7 Å². The highest BCUT2D eigenvalue weighted by Crippen LogP contribution is 2.16. The number of hydrogen-bond acceptors (Lipinski definition) is 4. The summed E-state index contributed by atoms with van der Waals surface area (Å²) in [4.78, 5) is 19.6. The van der Waals surface area contributed by atoms with Crippen LogP contribution in [0.4, 0.5) is 5.82 Å². The first kappa shape index (κ1) is 15.4. The zero-order chi connectivity index (χ0) is 14.4. The van der Waals surface area contributed by atoms with Crippen LogP contribution in [-0.4, -0.2) is 48.1 Å². The average molecular weight is 265 g/mol. The molecule has 1 heterocycles. The number of aliphatic hydroxyl groups excluding tert-OH is 1. The Hall–Kier alpha value is -1.62. The number of amides is 1. The molecular formula is C14H23N3O2. The molecule has 106 valence electrons. The van der Waals surface area contributed by atoms with Gasteiger partial charge in [-0.05, 0) is 25.0 Å². The van der Waals surface area contributed by atoms with Gasteiger partial charge in [-0.2, -0.15) is 0 Å². The van der Waals surface area contributed by atoms with Gasteiger partial charge in [0.2, 0.25) is 5.91 Å².